The summed E-state index contributed by atoms with van der Waals surface area (Å²) < 4.78 is 33.8. The minimum Gasteiger partial charge on any atom is -0.497 e. The van der Waals surface area contributed by atoms with Gasteiger partial charge >= 0.3 is 0 Å². The third-order valence-corrected chi connectivity index (χ3v) is 6.27. The van der Waals surface area contributed by atoms with Gasteiger partial charge in [0.25, 0.3) is 5.91 Å². The van der Waals surface area contributed by atoms with E-state index in [-0.39, 0.29) is 24.4 Å². The number of carbonyl (C=O) groups is 1. The molecule has 2 saturated heterocycles. The summed E-state index contributed by atoms with van der Waals surface area (Å²) in [6.07, 6.45) is 2.77. The minimum absolute atomic E-state index is 0.0322. The molecular weight excluding hydrogens is 364 g/mol. The van der Waals surface area contributed by atoms with E-state index < -0.39 is 28.5 Å². The Morgan fingerprint density at radius 3 is 2.50 bits per heavy atom. The third-order valence-electron chi connectivity index (χ3n) is 6.27. The predicted octanol–water partition coefficient (Wildman–Crippen LogP) is 3.57. The fourth-order valence-electron chi connectivity index (χ4n) is 5.02. The molecule has 1 N–H and O–H groups in total. The van der Waals surface area contributed by atoms with Gasteiger partial charge in [-0.15, -0.1) is 0 Å². The SMILES string of the molecule is COc1cc(F)c(C(=O)N2[C@H]3CC[C@@H]2[C@@](CO)(Cc2ccccc2)C3)c(F)c1. The largest absolute Gasteiger partial charge is 0.497 e. The standard InChI is InChI=1S/C22H23F2NO3/c1-28-16-9-17(23)20(18(24)10-16)21(27)25-15-7-8-19(25)22(12-15,13-26)11-14-5-3-2-4-6-14/h2-6,9-10,15,19,26H,7-8,11-13H2,1H3/t15-,19+,22-/m0/s1. The Bertz CT molecular complexity index is 866. The fraction of sp³-hybridized carbons (Fsp3) is 0.409. The van der Waals surface area contributed by atoms with Crippen LogP contribution in [0.1, 0.15) is 35.2 Å². The van der Waals surface area contributed by atoms with Crippen molar-refractivity contribution in [3.63, 3.8) is 0 Å². The number of hydrogen-bond donors (Lipinski definition) is 1. The van der Waals surface area contributed by atoms with Crippen LogP contribution in [-0.2, 0) is 6.42 Å². The molecule has 2 heterocycles. The molecule has 2 aromatic carbocycles. The molecule has 4 rings (SSSR count). The molecule has 2 aliphatic rings. The number of aliphatic hydroxyl groups excluding tert-OH is 1. The van der Waals surface area contributed by atoms with E-state index in [1.54, 1.807) is 4.90 Å². The summed E-state index contributed by atoms with van der Waals surface area (Å²) in [5.41, 5.74) is 0.0452. The Kier molecular flexibility index (Phi) is 4.83. The summed E-state index contributed by atoms with van der Waals surface area (Å²) in [5, 5.41) is 10.2. The van der Waals surface area contributed by atoms with Gasteiger partial charge in [0.05, 0.1) is 13.7 Å². The highest BCUT2D eigenvalue weighted by Gasteiger charge is 2.57. The molecule has 4 nitrogen and oxygen atoms in total. The van der Waals surface area contributed by atoms with Crippen molar-refractivity contribution in [1.29, 1.82) is 0 Å². The number of halogens is 2. The number of fused-ring (bicyclic) bond motifs is 2. The second-order valence-electron chi connectivity index (χ2n) is 7.81. The van der Waals surface area contributed by atoms with Crippen molar-refractivity contribution in [2.75, 3.05) is 13.7 Å². The van der Waals surface area contributed by atoms with Crippen LogP contribution in [0.3, 0.4) is 0 Å². The van der Waals surface area contributed by atoms with Crippen LogP contribution in [0.25, 0.3) is 0 Å². The Morgan fingerprint density at radius 2 is 1.89 bits per heavy atom. The van der Waals surface area contributed by atoms with Gasteiger partial charge in [-0.1, -0.05) is 30.3 Å². The number of rotatable bonds is 5. The van der Waals surface area contributed by atoms with Crippen molar-refractivity contribution in [2.24, 2.45) is 5.41 Å². The van der Waals surface area contributed by atoms with Crippen LogP contribution < -0.4 is 4.74 Å². The molecule has 2 aliphatic heterocycles. The average Bonchev–Trinajstić information content (AvgIpc) is 3.24. The Hall–Kier alpha value is -2.47. The maximum absolute atomic E-state index is 14.5. The van der Waals surface area contributed by atoms with Crippen LogP contribution >= 0.6 is 0 Å². The molecule has 0 unspecified atom stereocenters. The van der Waals surface area contributed by atoms with E-state index >= 15 is 0 Å². The van der Waals surface area contributed by atoms with E-state index in [1.807, 2.05) is 30.3 Å². The first kappa shape index (κ1) is 18.9. The fourth-order valence-corrected chi connectivity index (χ4v) is 5.02. The molecule has 28 heavy (non-hydrogen) atoms. The summed E-state index contributed by atoms with van der Waals surface area (Å²) in [4.78, 5) is 14.7. The Labute approximate surface area is 162 Å². The van der Waals surface area contributed by atoms with Gasteiger partial charge in [0.2, 0.25) is 0 Å². The molecule has 148 valence electrons. The van der Waals surface area contributed by atoms with Crippen molar-refractivity contribution in [1.82, 2.24) is 4.90 Å². The van der Waals surface area contributed by atoms with E-state index in [0.29, 0.717) is 12.8 Å². The van der Waals surface area contributed by atoms with Gasteiger partial charge in [0.1, 0.15) is 22.9 Å². The lowest BCUT2D eigenvalue weighted by Crippen LogP contribution is -2.44. The number of nitrogens with zero attached hydrogens (tertiary/aromatic N) is 1. The normalized spacial score (nSPS) is 25.9. The molecule has 3 atom stereocenters. The second-order valence-corrected chi connectivity index (χ2v) is 7.81. The zero-order valence-corrected chi connectivity index (χ0v) is 15.7. The summed E-state index contributed by atoms with van der Waals surface area (Å²) in [7, 11) is 1.32. The van der Waals surface area contributed by atoms with Gasteiger partial charge < -0.3 is 14.7 Å². The first-order valence-electron chi connectivity index (χ1n) is 9.49. The van der Waals surface area contributed by atoms with Gasteiger partial charge in [0.15, 0.2) is 0 Å². The second kappa shape index (κ2) is 7.17. The molecule has 0 aliphatic carbocycles. The lowest BCUT2D eigenvalue weighted by Gasteiger charge is -2.36. The van der Waals surface area contributed by atoms with E-state index in [9.17, 15) is 18.7 Å². The molecule has 1 amide bonds. The zero-order chi connectivity index (χ0) is 19.9. The number of ether oxygens (including phenoxy) is 1. The smallest absolute Gasteiger partial charge is 0.260 e. The summed E-state index contributed by atoms with van der Waals surface area (Å²) in [6.45, 7) is -0.0690. The van der Waals surface area contributed by atoms with Gasteiger partial charge in [-0.2, -0.15) is 0 Å². The van der Waals surface area contributed by atoms with Gasteiger partial charge in [-0.25, -0.2) is 8.78 Å². The van der Waals surface area contributed by atoms with Crippen molar-refractivity contribution in [3.05, 3.63) is 65.2 Å². The lowest BCUT2D eigenvalue weighted by atomic mass is 9.70. The van der Waals surface area contributed by atoms with Gasteiger partial charge in [-0.3, -0.25) is 4.79 Å². The first-order chi connectivity index (χ1) is 13.5. The van der Waals surface area contributed by atoms with Gasteiger partial charge in [-0.05, 0) is 31.2 Å². The monoisotopic (exact) mass is 387 g/mol. The highest BCUT2D eigenvalue weighted by molar-refractivity contribution is 5.96. The van der Waals surface area contributed by atoms with E-state index in [4.69, 9.17) is 4.74 Å². The molecule has 2 bridgehead atoms. The number of methoxy groups -OCH3 is 1. The molecular formula is C22H23F2NO3. The first-order valence-corrected chi connectivity index (χ1v) is 9.49. The van der Waals surface area contributed by atoms with Crippen molar-refractivity contribution in [2.45, 2.75) is 37.8 Å². The van der Waals surface area contributed by atoms with E-state index in [0.717, 1.165) is 30.5 Å². The number of aliphatic hydroxyl groups is 1. The van der Waals surface area contributed by atoms with Crippen LogP contribution in [0.15, 0.2) is 42.5 Å². The van der Waals surface area contributed by atoms with Crippen molar-refractivity contribution >= 4 is 5.91 Å². The molecule has 0 radical (unpaired) electrons. The number of amides is 1. The Morgan fingerprint density at radius 1 is 1.21 bits per heavy atom. The third kappa shape index (κ3) is 2.96. The molecule has 0 spiro atoms. The Balaban J connectivity index is 1.66. The van der Waals surface area contributed by atoms with Crippen molar-refractivity contribution in [3.8, 4) is 5.75 Å². The minimum atomic E-state index is -0.925. The van der Waals surface area contributed by atoms with E-state index in [1.165, 1.54) is 7.11 Å². The lowest BCUT2D eigenvalue weighted by molar-refractivity contribution is 0.0564. The number of carbonyl (C=O) groups excluding carboxylic acids is 1. The molecule has 6 heteroatoms. The molecule has 2 fully saturated rings. The van der Waals surface area contributed by atoms with Gasteiger partial charge in [0, 0.05) is 29.6 Å². The molecule has 2 aromatic rings. The maximum Gasteiger partial charge on any atom is 0.260 e. The van der Waals surface area contributed by atoms with Crippen LogP contribution in [0.2, 0.25) is 0 Å². The number of hydrogen-bond acceptors (Lipinski definition) is 3. The molecule has 0 aromatic heterocycles. The molecule has 0 saturated carbocycles. The summed E-state index contributed by atoms with van der Waals surface area (Å²) >= 11 is 0. The van der Waals surface area contributed by atoms with Crippen LogP contribution in [0.4, 0.5) is 8.78 Å². The maximum atomic E-state index is 14.5. The average molecular weight is 387 g/mol. The quantitative estimate of drug-likeness (QED) is 0.853. The van der Waals surface area contributed by atoms with Crippen LogP contribution in [0.5, 0.6) is 5.75 Å². The van der Waals surface area contributed by atoms with Crippen LogP contribution in [0, 0.1) is 17.0 Å². The highest BCUT2D eigenvalue weighted by atomic mass is 19.1. The summed E-state index contributed by atoms with van der Waals surface area (Å²) in [5.74, 6) is -2.46. The predicted molar refractivity (Wildman–Crippen MR) is 100 cm³/mol. The topological polar surface area (TPSA) is 49.8 Å². The number of benzene rings is 2. The van der Waals surface area contributed by atoms with Crippen LogP contribution in [-0.4, -0.2) is 41.7 Å². The highest BCUT2D eigenvalue weighted by Crippen LogP contribution is 2.52. The summed E-state index contributed by atoms with van der Waals surface area (Å²) in [6, 6.07) is 11.5. The van der Waals surface area contributed by atoms with E-state index in [2.05, 4.69) is 0 Å². The van der Waals surface area contributed by atoms with Crippen molar-refractivity contribution < 1.29 is 23.4 Å². The zero-order valence-electron chi connectivity index (χ0n) is 15.7.